The number of carbonyl (C=O) groups is 1. The average molecular weight is 232 g/mol. The summed E-state index contributed by atoms with van der Waals surface area (Å²) in [6.45, 7) is 6.33. The molecule has 1 aliphatic rings. The lowest BCUT2D eigenvalue weighted by Crippen LogP contribution is -2.54. The predicted molar refractivity (Wildman–Crippen MR) is 70.0 cm³/mol. The van der Waals surface area contributed by atoms with Crippen molar-refractivity contribution in [2.24, 2.45) is 0 Å². The lowest BCUT2D eigenvalue weighted by Gasteiger charge is -2.40. The Morgan fingerprint density at radius 2 is 1.76 bits per heavy atom. The molecule has 0 spiro atoms. The van der Waals surface area contributed by atoms with Crippen molar-refractivity contribution in [3.05, 3.63) is 35.9 Å². The molecule has 1 aromatic carbocycles. The highest BCUT2D eigenvalue weighted by Gasteiger charge is 2.30. The summed E-state index contributed by atoms with van der Waals surface area (Å²) in [7, 11) is 0. The Bertz CT molecular complexity index is 366. The zero-order valence-electron chi connectivity index (χ0n) is 10.7. The summed E-state index contributed by atoms with van der Waals surface area (Å²) < 4.78 is 0.994. The van der Waals surface area contributed by atoms with E-state index in [1.807, 2.05) is 30.3 Å². The van der Waals surface area contributed by atoms with Crippen LogP contribution >= 0.6 is 0 Å². The molecule has 0 saturated carbocycles. The second-order valence-corrected chi connectivity index (χ2v) is 5.11. The highest BCUT2D eigenvalue weighted by Crippen LogP contribution is 2.19. The molecular formula is C15H22NO+. The topological polar surface area (TPSA) is 17.1 Å². The summed E-state index contributed by atoms with van der Waals surface area (Å²) in [6, 6.07) is 9.71. The molecule has 0 amide bonds. The standard InChI is InChI=1S/C15H22NO/c1-2-16(11-7-4-8-12-16)13-15(17)14-9-5-3-6-10-14/h3,5-6,9-10H,2,4,7-8,11-13H2,1H3/q+1. The number of benzene rings is 1. The number of nitrogens with zero attached hydrogens (tertiary/aromatic N) is 1. The molecule has 2 heteroatoms. The normalized spacial score (nSPS) is 18.9. The number of rotatable bonds is 4. The van der Waals surface area contributed by atoms with Crippen LogP contribution < -0.4 is 0 Å². The van der Waals surface area contributed by atoms with Gasteiger partial charge in [0, 0.05) is 5.56 Å². The second-order valence-electron chi connectivity index (χ2n) is 5.11. The van der Waals surface area contributed by atoms with Crippen molar-refractivity contribution in [1.29, 1.82) is 0 Å². The van der Waals surface area contributed by atoms with Gasteiger partial charge in [0.25, 0.3) is 0 Å². The van der Waals surface area contributed by atoms with Crippen molar-refractivity contribution < 1.29 is 9.28 Å². The number of hydrogen-bond donors (Lipinski definition) is 0. The van der Waals surface area contributed by atoms with Crippen molar-refractivity contribution in [2.45, 2.75) is 26.2 Å². The summed E-state index contributed by atoms with van der Waals surface area (Å²) in [5.74, 6) is 0.300. The van der Waals surface area contributed by atoms with Gasteiger partial charge in [-0.3, -0.25) is 4.79 Å². The summed E-state index contributed by atoms with van der Waals surface area (Å²) in [6.07, 6.45) is 3.88. The zero-order chi connectivity index (χ0) is 12.1. The molecule has 0 aliphatic carbocycles. The Labute approximate surface area is 104 Å². The fourth-order valence-corrected chi connectivity index (χ4v) is 2.79. The van der Waals surface area contributed by atoms with E-state index in [1.54, 1.807) is 0 Å². The van der Waals surface area contributed by atoms with Gasteiger partial charge >= 0.3 is 0 Å². The van der Waals surface area contributed by atoms with Gasteiger partial charge in [0.1, 0.15) is 6.54 Å². The molecular weight excluding hydrogens is 210 g/mol. The Balaban J connectivity index is 2.06. The molecule has 92 valence electrons. The van der Waals surface area contributed by atoms with Crippen LogP contribution in [0.15, 0.2) is 30.3 Å². The lowest BCUT2D eigenvalue weighted by atomic mass is 10.0. The van der Waals surface area contributed by atoms with Crippen LogP contribution in [0.2, 0.25) is 0 Å². The van der Waals surface area contributed by atoms with E-state index in [0.29, 0.717) is 12.3 Å². The van der Waals surface area contributed by atoms with Gasteiger partial charge in [0.15, 0.2) is 0 Å². The molecule has 1 fully saturated rings. The molecule has 0 atom stereocenters. The number of ketones is 1. The van der Waals surface area contributed by atoms with E-state index in [1.165, 1.54) is 32.4 Å². The van der Waals surface area contributed by atoms with Crippen molar-refractivity contribution in [3.63, 3.8) is 0 Å². The fourth-order valence-electron chi connectivity index (χ4n) is 2.79. The van der Waals surface area contributed by atoms with E-state index in [0.717, 1.165) is 16.6 Å². The number of likely N-dealkylation sites (tertiary alicyclic amines) is 1. The van der Waals surface area contributed by atoms with Crippen LogP contribution in [0.25, 0.3) is 0 Å². The Kier molecular flexibility index (Phi) is 3.95. The van der Waals surface area contributed by atoms with Gasteiger partial charge in [-0.15, -0.1) is 0 Å². The van der Waals surface area contributed by atoms with Crippen LogP contribution in [0.1, 0.15) is 36.5 Å². The number of piperidine rings is 1. The van der Waals surface area contributed by atoms with E-state index in [9.17, 15) is 4.79 Å². The molecule has 0 aromatic heterocycles. The van der Waals surface area contributed by atoms with Gasteiger partial charge < -0.3 is 4.48 Å². The summed E-state index contributed by atoms with van der Waals surface area (Å²) >= 11 is 0. The second kappa shape index (κ2) is 5.46. The molecule has 1 aliphatic heterocycles. The highest BCUT2D eigenvalue weighted by atomic mass is 16.1. The van der Waals surface area contributed by atoms with Gasteiger partial charge in [-0.05, 0) is 26.2 Å². The first-order valence-electron chi connectivity index (χ1n) is 6.69. The minimum Gasteiger partial charge on any atom is -0.317 e. The number of carbonyl (C=O) groups excluding carboxylic acids is 1. The third kappa shape index (κ3) is 2.95. The highest BCUT2D eigenvalue weighted by molar-refractivity contribution is 5.96. The van der Waals surface area contributed by atoms with Crippen LogP contribution in [-0.4, -0.2) is 36.4 Å². The largest absolute Gasteiger partial charge is 0.317 e. The van der Waals surface area contributed by atoms with E-state index < -0.39 is 0 Å². The third-order valence-electron chi connectivity index (χ3n) is 4.01. The summed E-state index contributed by atoms with van der Waals surface area (Å²) in [5.41, 5.74) is 0.865. The maximum atomic E-state index is 12.3. The van der Waals surface area contributed by atoms with Crippen molar-refractivity contribution >= 4 is 5.78 Å². The fraction of sp³-hybridized carbons (Fsp3) is 0.533. The van der Waals surface area contributed by atoms with Crippen molar-refractivity contribution in [1.82, 2.24) is 0 Å². The zero-order valence-corrected chi connectivity index (χ0v) is 10.7. The van der Waals surface area contributed by atoms with Gasteiger partial charge in [-0.25, -0.2) is 0 Å². The van der Waals surface area contributed by atoms with E-state index in [-0.39, 0.29) is 0 Å². The Morgan fingerprint density at radius 1 is 1.12 bits per heavy atom. The maximum absolute atomic E-state index is 12.3. The Hall–Kier alpha value is -1.15. The first kappa shape index (κ1) is 12.3. The molecule has 0 unspecified atom stereocenters. The SMILES string of the molecule is CC[N+]1(CC(=O)c2ccccc2)CCCCC1. The molecule has 1 saturated heterocycles. The van der Waals surface area contributed by atoms with Gasteiger partial charge in [-0.1, -0.05) is 30.3 Å². The number of quaternary nitrogens is 1. The molecule has 1 aromatic rings. The van der Waals surface area contributed by atoms with Crippen LogP contribution in [0.4, 0.5) is 0 Å². The quantitative estimate of drug-likeness (QED) is 0.576. The number of likely N-dealkylation sites (N-methyl/N-ethyl adjacent to an activating group) is 1. The maximum Gasteiger partial charge on any atom is 0.216 e. The first-order chi connectivity index (χ1) is 8.26. The van der Waals surface area contributed by atoms with Crippen molar-refractivity contribution in [2.75, 3.05) is 26.2 Å². The van der Waals surface area contributed by atoms with Crippen LogP contribution in [0.5, 0.6) is 0 Å². The number of hydrogen-bond acceptors (Lipinski definition) is 1. The monoisotopic (exact) mass is 232 g/mol. The summed E-state index contributed by atoms with van der Waals surface area (Å²) in [5, 5.41) is 0. The molecule has 2 nitrogen and oxygen atoms in total. The van der Waals surface area contributed by atoms with E-state index >= 15 is 0 Å². The minimum absolute atomic E-state index is 0.300. The van der Waals surface area contributed by atoms with Gasteiger partial charge in [0.2, 0.25) is 5.78 Å². The molecule has 1 heterocycles. The first-order valence-corrected chi connectivity index (χ1v) is 6.69. The van der Waals surface area contributed by atoms with Crippen molar-refractivity contribution in [3.8, 4) is 0 Å². The molecule has 0 N–H and O–H groups in total. The molecule has 0 bridgehead atoms. The average Bonchev–Trinajstić information content (AvgIpc) is 2.41. The smallest absolute Gasteiger partial charge is 0.216 e. The third-order valence-corrected chi connectivity index (χ3v) is 4.01. The number of Topliss-reactive ketones (excluding diaryl/α,β-unsaturated/α-hetero) is 1. The Morgan fingerprint density at radius 3 is 2.35 bits per heavy atom. The predicted octanol–water partition coefficient (Wildman–Crippen LogP) is 2.89. The van der Waals surface area contributed by atoms with Crippen LogP contribution in [0, 0.1) is 0 Å². The van der Waals surface area contributed by atoms with E-state index in [4.69, 9.17) is 0 Å². The molecule has 0 radical (unpaired) electrons. The molecule has 17 heavy (non-hydrogen) atoms. The minimum atomic E-state index is 0.300. The summed E-state index contributed by atoms with van der Waals surface area (Å²) in [4.78, 5) is 12.3. The van der Waals surface area contributed by atoms with E-state index in [2.05, 4.69) is 6.92 Å². The van der Waals surface area contributed by atoms with Gasteiger partial charge in [0.05, 0.1) is 19.6 Å². The van der Waals surface area contributed by atoms with Gasteiger partial charge in [-0.2, -0.15) is 0 Å². The van der Waals surface area contributed by atoms with Crippen LogP contribution in [-0.2, 0) is 0 Å². The lowest BCUT2D eigenvalue weighted by molar-refractivity contribution is -0.923. The molecule has 2 rings (SSSR count). The van der Waals surface area contributed by atoms with Crippen LogP contribution in [0.3, 0.4) is 0 Å².